The summed E-state index contributed by atoms with van der Waals surface area (Å²) < 4.78 is 16.0. The minimum Gasteiger partial charge on any atom is -0.486 e. The number of anilines is 1. The zero-order chi connectivity index (χ0) is 14.8. The number of carbonyl (C=O) groups excluding carboxylic acids is 1. The monoisotopic (exact) mass is 288 g/mol. The molecule has 3 rings (SSSR count). The number of aryl methyl sites for hydroxylation is 2. The molecule has 0 spiro atoms. The van der Waals surface area contributed by atoms with Crippen LogP contribution < -0.4 is 14.8 Å². The summed E-state index contributed by atoms with van der Waals surface area (Å²) in [4.78, 5) is 12.4. The molecule has 6 nitrogen and oxygen atoms in total. The molecule has 1 aliphatic rings. The van der Waals surface area contributed by atoms with Crippen LogP contribution in [0, 0.1) is 6.92 Å². The van der Waals surface area contributed by atoms with Gasteiger partial charge in [-0.25, -0.2) is 0 Å². The van der Waals surface area contributed by atoms with Crippen molar-refractivity contribution in [2.75, 3.05) is 18.5 Å². The fourth-order valence-corrected chi connectivity index (χ4v) is 2.27. The molecule has 0 saturated heterocycles. The van der Waals surface area contributed by atoms with Gasteiger partial charge in [0.25, 0.3) is 5.91 Å². The first-order chi connectivity index (χ1) is 10.2. The molecule has 1 amide bonds. The SMILES string of the molecule is CCc1noc(C)c1C(=O)Nc1ccc2c(c1)OCCO2. The standard InChI is InChI=1S/C15H16N2O4/c1-3-11-14(9(2)21-17-11)15(18)16-10-4-5-12-13(8-10)20-7-6-19-12/h4-5,8H,3,6-7H2,1-2H3,(H,16,18). The fourth-order valence-electron chi connectivity index (χ4n) is 2.27. The Morgan fingerprint density at radius 3 is 2.81 bits per heavy atom. The molecule has 1 N–H and O–H groups in total. The molecule has 110 valence electrons. The van der Waals surface area contributed by atoms with E-state index in [1.807, 2.05) is 6.92 Å². The Morgan fingerprint density at radius 2 is 2.05 bits per heavy atom. The molecule has 1 aliphatic heterocycles. The second-order valence-corrected chi connectivity index (χ2v) is 4.73. The summed E-state index contributed by atoms with van der Waals surface area (Å²) >= 11 is 0. The lowest BCUT2D eigenvalue weighted by molar-refractivity contribution is 0.102. The highest BCUT2D eigenvalue weighted by Gasteiger charge is 2.20. The summed E-state index contributed by atoms with van der Waals surface area (Å²) in [5.41, 5.74) is 1.79. The predicted molar refractivity (Wildman–Crippen MR) is 76.0 cm³/mol. The highest BCUT2D eigenvalue weighted by atomic mass is 16.6. The van der Waals surface area contributed by atoms with Gasteiger partial charge in [0.1, 0.15) is 24.5 Å². The number of ether oxygens (including phenoxy) is 2. The normalized spacial score (nSPS) is 13.0. The van der Waals surface area contributed by atoms with E-state index in [0.717, 1.165) is 0 Å². The van der Waals surface area contributed by atoms with Crippen LogP contribution in [-0.2, 0) is 6.42 Å². The fraction of sp³-hybridized carbons (Fsp3) is 0.333. The number of hydrogen-bond acceptors (Lipinski definition) is 5. The third-order valence-corrected chi connectivity index (χ3v) is 3.30. The van der Waals surface area contributed by atoms with Gasteiger partial charge in [-0.3, -0.25) is 4.79 Å². The van der Waals surface area contributed by atoms with Gasteiger partial charge in [0.15, 0.2) is 11.5 Å². The molecule has 21 heavy (non-hydrogen) atoms. The van der Waals surface area contributed by atoms with Gasteiger partial charge in [-0.15, -0.1) is 0 Å². The number of carbonyl (C=O) groups is 1. The average molecular weight is 288 g/mol. The van der Waals surface area contributed by atoms with Gasteiger partial charge in [0.05, 0.1) is 5.69 Å². The Morgan fingerprint density at radius 1 is 1.29 bits per heavy atom. The first kappa shape index (κ1) is 13.5. The maximum atomic E-state index is 12.4. The van der Waals surface area contributed by atoms with Crippen LogP contribution in [0.2, 0.25) is 0 Å². The highest BCUT2D eigenvalue weighted by molar-refractivity contribution is 6.05. The van der Waals surface area contributed by atoms with Crippen molar-refractivity contribution in [3.63, 3.8) is 0 Å². The topological polar surface area (TPSA) is 73.6 Å². The van der Waals surface area contributed by atoms with Crippen LogP contribution in [0.15, 0.2) is 22.7 Å². The molecule has 6 heteroatoms. The molecule has 0 atom stereocenters. The Kier molecular flexibility index (Phi) is 3.51. The van der Waals surface area contributed by atoms with Gasteiger partial charge in [-0.1, -0.05) is 12.1 Å². The summed E-state index contributed by atoms with van der Waals surface area (Å²) in [6.07, 6.45) is 0.640. The summed E-state index contributed by atoms with van der Waals surface area (Å²) in [5.74, 6) is 1.61. The Balaban J connectivity index is 1.83. The minimum atomic E-state index is -0.234. The third-order valence-electron chi connectivity index (χ3n) is 3.30. The van der Waals surface area contributed by atoms with Crippen molar-refractivity contribution in [2.24, 2.45) is 0 Å². The van der Waals surface area contributed by atoms with Crippen LogP contribution in [0.1, 0.15) is 28.7 Å². The lowest BCUT2D eigenvalue weighted by Gasteiger charge is -2.19. The second kappa shape index (κ2) is 5.47. The summed E-state index contributed by atoms with van der Waals surface area (Å²) in [6, 6.07) is 5.31. The molecular weight excluding hydrogens is 272 g/mol. The lowest BCUT2D eigenvalue weighted by atomic mass is 10.1. The van der Waals surface area contributed by atoms with Crippen LogP contribution in [0.3, 0.4) is 0 Å². The maximum Gasteiger partial charge on any atom is 0.261 e. The van der Waals surface area contributed by atoms with Gasteiger partial charge < -0.3 is 19.3 Å². The van der Waals surface area contributed by atoms with Crippen LogP contribution >= 0.6 is 0 Å². The molecule has 0 aliphatic carbocycles. The molecule has 2 aromatic rings. The van der Waals surface area contributed by atoms with Crippen molar-refractivity contribution in [1.29, 1.82) is 0 Å². The van der Waals surface area contributed by atoms with E-state index in [-0.39, 0.29) is 5.91 Å². The van der Waals surface area contributed by atoms with Crippen molar-refractivity contribution < 1.29 is 18.8 Å². The summed E-state index contributed by atoms with van der Waals surface area (Å²) in [7, 11) is 0. The quantitative estimate of drug-likeness (QED) is 0.939. The summed E-state index contributed by atoms with van der Waals surface area (Å²) in [6.45, 7) is 4.70. The first-order valence-corrected chi connectivity index (χ1v) is 6.85. The van der Waals surface area contributed by atoms with Crippen molar-refractivity contribution >= 4 is 11.6 Å². The molecule has 0 unspecified atom stereocenters. The lowest BCUT2D eigenvalue weighted by Crippen LogP contribution is -2.17. The van der Waals surface area contributed by atoms with E-state index in [2.05, 4.69) is 10.5 Å². The number of fused-ring (bicyclic) bond motifs is 1. The number of benzene rings is 1. The number of amides is 1. The van der Waals surface area contributed by atoms with E-state index in [4.69, 9.17) is 14.0 Å². The number of nitrogens with one attached hydrogen (secondary N) is 1. The zero-order valence-electron chi connectivity index (χ0n) is 11.9. The van der Waals surface area contributed by atoms with Crippen molar-refractivity contribution in [3.05, 3.63) is 35.2 Å². The molecule has 0 bridgehead atoms. The van der Waals surface area contributed by atoms with E-state index >= 15 is 0 Å². The second-order valence-electron chi connectivity index (χ2n) is 4.73. The van der Waals surface area contributed by atoms with E-state index in [9.17, 15) is 4.79 Å². The average Bonchev–Trinajstić information content (AvgIpc) is 2.88. The number of hydrogen-bond donors (Lipinski definition) is 1. The molecule has 1 aromatic heterocycles. The van der Waals surface area contributed by atoms with Gasteiger partial charge in [0.2, 0.25) is 0 Å². The van der Waals surface area contributed by atoms with Crippen LogP contribution in [0.4, 0.5) is 5.69 Å². The first-order valence-electron chi connectivity index (χ1n) is 6.85. The van der Waals surface area contributed by atoms with Gasteiger partial charge >= 0.3 is 0 Å². The predicted octanol–water partition coefficient (Wildman–Crippen LogP) is 2.57. The zero-order valence-corrected chi connectivity index (χ0v) is 11.9. The largest absolute Gasteiger partial charge is 0.486 e. The number of aromatic nitrogens is 1. The van der Waals surface area contributed by atoms with Crippen LogP contribution in [0.5, 0.6) is 11.5 Å². The number of rotatable bonds is 3. The Hall–Kier alpha value is -2.50. The van der Waals surface area contributed by atoms with Crippen LogP contribution in [0.25, 0.3) is 0 Å². The third kappa shape index (κ3) is 2.56. The van der Waals surface area contributed by atoms with Crippen molar-refractivity contribution in [3.8, 4) is 11.5 Å². The molecule has 1 aromatic carbocycles. The smallest absolute Gasteiger partial charge is 0.261 e. The molecule has 0 fully saturated rings. The highest BCUT2D eigenvalue weighted by Crippen LogP contribution is 2.32. The summed E-state index contributed by atoms with van der Waals surface area (Å²) in [5, 5.41) is 6.72. The van der Waals surface area contributed by atoms with Crippen molar-refractivity contribution in [1.82, 2.24) is 5.16 Å². The van der Waals surface area contributed by atoms with Gasteiger partial charge in [-0.2, -0.15) is 0 Å². The maximum absolute atomic E-state index is 12.4. The van der Waals surface area contributed by atoms with E-state index < -0.39 is 0 Å². The molecule has 2 heterocycles. The number of nitrogens with zero attached hydrogens (tertiary/aromatic N) is 1. The Labute approximate surface area is 122 Å². The minimum absolute atomic E-state index is 0.234. The Bertz CT molecular complexity index is 678. The van der Waals surface area contributed by atoms with Crippen molar-refractivity contribution in [2.45, 2.75) is 20.3 Å². The van der Waals surface area contributed by atoms with E-state index in [0.29, 0.717) is 53.8 Å². The van der Waals surface area contributed by atoms with Gasteiger partial charge in [0, 0.05) is 11.8 Å². The van der Waals surface area contributed by atoms with E-state index in [1.165, 1.54) is 0 Å². The molecular formula is C15H16N2O4. The van der Waals surface area contributed by atoms with Crippen LogP contribution in [-0.4, -0.2) is 24.3 Å². The molecule has 0 saturated carbocycles. The van der Waals surface area contributed by atoms with Gasteiger partial charge in [-0.05, 0) is 25.5 Å². The molecule has 0 radical (unpaired) electrons. The van der Waals surface area contributed by atoms with E-state index in [1.54, 1.807) is 25.1 Å².